The summed E-state index contributed by atoms with van der Waals surface area (Å²) in [6, 6.07) is 4.26. The Morgan fingerprint density at radius 2 is 1.92 bits per heavy atom. The van der Waals surface area contributed by atoms with E-state index in [-0.39, 0.29) is 35.8 Å². The molecule has 1 heterocycles. The molecule has 144 valence electrons. The molecule has 1 saturated heterocycles. The van der Waals surface area contributed by atoms with Crippen molar-refractivity contribution in [2.45, 2.75) is 31.1 Å². The van der Waals surface area contributed by atoms with Gasteiger partial charge in [-0.05, 0) is 38.0 Å². The smallest absolute Gasteiger partial charge is 0.307 e. The molecule has 1 fully saturated rings. The zero-order valence-electron chi connectivity index (χ0n) is 15.0. The summed E-state index contributed by atoms with van der Waals surface area (Å²) in [5, 5.41) is 2.58. The average molecular weight is 384 g/mol. The minimum absolute atomic E-state index is 0.0278. The molecule has 1 aliphatic heterocycles. The second-order valence-corrected chi connectivity index (χ2v) is 7.69. The molecule has 1 N–H and O–H groups in total. The number of nitrogens with zero attached hydrogens (tertiary/aromatic N) is 1. The van der Waals surface area contributed by atoms with E-state index in [0.29, 0.717) is 13.1 Å². The van der Waals surface area contributed by atoms with E-state index >= 15 is 0 Å². The fourth-order valence-electron chi connectivity index (χ4n) is 2.70. The van der Waals surface area contributed by atoms with Gasteiger partial charge in [0, 0.05) is 25.2 Å². The number of amides is 1. The minimum atomic E-state index is -3.72. The fourth-order valence-corrected chi connectivity index (χ4v) is 4.40. The van der Waals surface area contributed by atoms with Crippen LogP contribution >= 0.6 is 0 Å². The third-order valence-corrected chi connectivity index (χ3v) is 5.95. The summed E-state index contributed by atoms with van der Waals surface area (Å²) in [5.41, 5.74) is 0.187. The van der Waals surface area contributed by atoms with Crippen LogP contribution in [0.5, 0.6) is 5.75 Å². The number of ether oxygens (including phenoxy) is 2. The second-order valence-electron chi connectivity index (χ2n) is 5.79. The molecule has 0 bridgehead atoms. The first-order valence-corrected chi connectivity index (χ1v) is 9.96. The van der Waals surface area contributed by atoms with Crippen LogP contribution in [0.3, 0.4) is 0 Å². The highest BCUT2D eigenvalue weighted by Crippen LogP contribution is 2.29. The number of benzene rings is 1. The van der Waals surface area contributed by atoms with Gasteiger partial charge >= 0.3 is 5.97 Å². The highest BCUT2D eigenvalue weighted by atomic mass is 32.2. The van der Waals surface area contributed by atoms with Crippen LogP contribution < -0.4 is 10.1 Å². The summed E-state index contributed by atoms with van der Waals surface area (Å²) in [6.07, 6.45) is 1.68. The van der Waals surface area contributed by atoms with Gasteiger partial charge in [-0.1, -0.05) is 0 Å². The van der Waals surface area contributed by atoms with E-state index < -0.39 is 21.9 Å². The number of hydrogen-bond acceptors (Lipinski definition) is 6. The molecule has 0 aliphatic carbocycles. The molecule has 1 amide bonds. The first kappa shape index (κ1) is 20.2. The molecular formula is C17H24N2O6S. The van der Waals surface area contributed by atoms with E-state index in [2.05, 4.69) is 5.32 Å². The van der Waals surface area contributed by atoms with Gasteiger partial charge in [0.05, 0.1) is 20.1 Å². The van der Waals surface area contributed by atoms with Gasteiger partial charge in [-0.15, -0.1) is 0 Å². The van der Waals surface area contributed by atoms with Gasteiger partial charge in [0.15, 0.2) is 0 Å². The van der Waals surface area contributed by atoms with Crippen molar-refractivity contribution < 1.29 is 27.5 Å². The Hall–Kier alpha value is -2.13. The van der Waals surface area contributed by atoms with Gasteiger partial charge in [-0.3, -0.25) is 9.59 Å². The number of carbonyl (C=O) groups excluding carboxylic acids is 2. The van der Waals surface area contributed by atoms with Crippen molar-refractivity contribution in [2.75, 3.05) is 33.4 Å². The van der Waals surface area contributed by atoms with E-state index in [1.54, 1.807) is 6.92 Å². The van der Waals surface area contributed by atoms with E-state index in [9.17, 15) is 18.0 Å². The number of methoxy groups -OCH3 is 1. The second kappa shape index (κ2) is 9.00. The Morgan fingerprint density at radius 1 is 1.23 bits per heavy atom. The minimum Gasteiger partial charge on any atom is -0.495 e. The Kier molecular flexibility index (Phi) is 6.98. The van der Waals surface area contributed by atoms with Gasteiger partial charge in [0.2, 0.25) is 10.0 Å². The molecule has 0 aromatic heterocycles. The maximum Gasteiger partial charge on any atom is 0.307 e. The molecule has 0 saturated carbocycles. The molecule has 8 nitrogen and oxygen atoms in total. The lowest BCUT2D eigenvalue weighted by atomic mass is 10.2. The van der Waals surface area contributed by atoms with Crippen LogP contribution in [0.15, 0.2) is 23.1 Å². The van der Waals surface area contributed by atoms with Crippen molar-refractivity contribution in [1.82, 2.24) is 9.62 Å². The van der Waals surface area contributed by atoms with Crippen molar-refractivity contribution in [2.24, 2.45) is 0 Å². The number of hydrogen-bond donors (Lipinski definition) is 1. The maximum atomic E-state index is 12.8. The van der Waals surface area contributed by atoms with Gasteiger partial charge in [-0.25, -0.2) is 8.42 Å². The molecule has 0 unspecified atom stereocenters. The Bertz CT molecular complexity index is 757. The molecule has 1 aromatic rings. The summed E-state index contributed by atoms with van der Waals surface area (Å²) in [4.78, 5) is 23.5. The van der Waals surface area contributed by atoms with Crippen LogP contribution in [0, 0.1) is 0 Å². The largest absolute Gasteiger partial charge is 0.495 e. The standard InChI is InChI=1S/C17H24N2O6S/c1-3-25-16(20)8-9-18-17(21)13-6-7-14(24-2)15(12-13)26(22,23)19-10-4-5-11-19/h6-7,12H,3-5,8-11H2,1-2H3,(H,18,21). The molecule has 2 rings (SSSR count). The number of nitrogens with one attached hydrogen (secondary N) is 1. The van der Waals surface area contributed by atoms with Crippen molar-refractivity contribution in [3.05, 3.63) is 23.8 Å². The first-order chi connectivity index (χ1) is 12.4. The molecule has 0 atom stereocenters. The third kappa shape index (κ3) is 4.73. The number of rotatable bonds is 8. The van der Waals surface area contributed by atoms with Gasteiger partial charge < -0.3 is 14.8 Å². The zero-order valence-corrected chi connectivity index (χ0v) is 15.8. The monoisotopic (exact) mass is 384 g/mol. The maximum absolute atomic E-state index is 12.8. The average Bonchev–Trinajstić information content (AvgIpc) is 3.16. The molecule has 1 aliphatic rings. The third-order valence-electron chi connectivity index (χ3n) is 4.03. The van der Waals surface area contributed by atoms with Crippen molar-refractivity contribution >= 4 is 21.9 Å². The summed E-state index contributed by atoms with van der Waals surface area (Å²) in [7, 11) is -2.34. The SMILES string of the molecule is CCOC(=O)CCNC(=O)c1ccc(OC)c(S(=O)(=O)N2CCCC2)c1. The lowest BCUT2D eigenvalue weighted by Crippen LogP contribution is -2.29. The van der Waals surface area contributed by atoms with Crippen LogP contribution in [0.4, 0.5) is 0 Å². The topological polar surface area (TPSA) is 102 Å². The molecule has 9 heteroatoms. The molecule has 0 spiro atoms. The normalized spacial score (nSPS) is 14.8. The van der Waals surface area contributed by atoms with Gasteiger partial charge in [0.1, 0.15) is 10.6 Å². The summed E-state index contributed by atoms with van der Waals surface area (Å²) in [6.45, 7) is 3.01. The van der Waals surface area contributed by atoms with E-state index in [0.717, 1.165) is 12.8 Å². The van der Waals surface area contributed by atoms with Crippen LogP contribution in [-0.4, -0.2) is 58.0 Å². The molecule has 26 heavy (non-hydrogen) atoms. The quantitative estimate of drug-likeness (QED) is 0.675. The van der Waals surface area contributed by atoms with Crippen LogP contribution in [0.25, 0.3) is 0 Å². The van der Waals surface area contributed by atoms with Crippen molar-refractivity contribution in [3.63, 3.8) is 0 Å². The lowest BCUT2D eigenvalue weighted by Gasteiger charge is -2.18. The Balaban J connectivity index is 2.15. The van der Waals surface area contributed by atoms with Crippen LogP contribution in [0.2, 0.25) is 0 Å². The van der Waals surface area contributed by atoms with E-state index in [1.165, 1.54) is 29.6 Å². The number of sulfonamides is 1. The molecular weight excluding hydrogens is 360 g/mol. The predicted molar refractivity (Wildman–Crippen MR) is 94.6 cm³/mol. The number of esters is 1. The predicted octanol–water partition coefficient (Wildman–Crippen LogP) is 1.16. The van der Waals surface area contributed by atoms with E-state index in [4.69, 9.17) is 9.47 Å². The Morgan fingerprint density at radius 3 is 2.54 bits per heavy atom. The summed E-state index contributed by atoms with van der Waals surface area (Å²) in [5.74, 6) is -0.672. The fraction of sp³-hybridized carbons (Fsp3) is 0.529. The summed E-state index contributed by atoms with van der Waals surface area (Å²) < 4.78 is 37.0. The highest BCUT2D eigenvalue weighted by molar-refractivity contribution is 7.89. The van der Waals surface area contributed by atoms with Crippen molar-refractivity contribution in [3.8, 4) is 5.75 Å². The number of carbonyl (C=O) groups is 2. The zero-order chi connectivity index (χ0) is 19.2. The van der Waals surface area contributed by atoms with E-state index in [1.807, 2.05) is 0 Å². The Labute approximate surface area is 153 Å². The lowest BCUT2D eigenvalue weighted by molar-refractivity contribution is -0.142. The summed E-state index contributed by atoms with van der Waals surface area (Å²) >= 11 is 0. The van der Waals surface area contributed by atoms with Gasteiger partial charge in [0.25, 0.3) is 5.91 Å². The molecule has 1 aromatic carbocycles. The van der Waals surface area contributed by atoms with Crippen LogP contribution in [0.1, 0.15) is 36.5 Å². The first-order valence-electron chi connectivity index (χ1n) is 8.52. The highest BCUT2D eigenvalue weighted by Gasteiger charge is 2.30. The molecule has 0 radical (unpaired) electrons. The van der Waals surface area contributed by atoms with Gasteiger partial charge in [-0.2, -0.15) is 4.31 Å². The van der Waals surface area contributed by atoms with Crippen molar-refractivity contribution in [1.29, 1.82) is 0 Å². The van der Waals surface area contributed by atoms with Crippen LogP contribution in [-0.2, 0) is 19.6 Å².